The highest BCUT2D eigenvalue weighted by atomic mass is 32.2. The Balaban J connectivity index is 1.54. The molecule has 1 saturated heterocycles. The summed E-state index contributed by atoms with van der Waals surface area (Å²) in [4.78, 5) is 24.3. The van der Waals surface area contributed by atoms with Gasteiger partial charge in [-0.3, -0.25) is 9.59 Å². The number of ketones is 1. The average molecular weight is 415 g/mol. The predicted molar refractivity (Wildman–Crippen MR) is 117 cm³/mol. The molecule has 0 aromatic rings. The molecule has 4 aliphatic carbocycles. The maximum Gasteiger partial charge on any atom is 0.306 e. The Kier molecular flexibility index (Phi) is 4.62. The van der Waals surface area contributed by atoms with Gasteiger partial charge in [0.05, 0.1) is 0 Å². The zero-order chi connectivity index (χ0) is 20.4. The van der Waals surface area contributed by atoms with Crippen molar-refractivity contribution in [1.29, 1.82) is 0 Å². The van der Waals surface area contributed by atoms with Crippen LogP contribution in [0.3, 0.4) is 0 Å². The van der Waals surface area contributed by atoms with Crippen molar-refractivity contribution in [1.82, 2.24) is 0 Å². The van der Waals surface area contributed by atoms with E-state index in [1.165, 1.54) is 18.4 Å². The number of ether oxygens (including phenoxy) is 1. The minimum atomic E-state index is -0.215. The number of thioether (sulfide) groups is 1. The Morgan fingerprint density at radius 3 is 2.66 bits per heavy atom. The molecule has 0 aromatic heterocycles. The fourth-order valence-electron chi connectivity index (χ4n) is 8.16. The minimum absolute atomic E-state index is 0.0122. The summed E-state index contributed by atoms with van der Waals surface area (Å²) in [6, 6.07) is 0. The predicted octanol–water partition coefficient (Wildman–Crippen LogP) is 5.49. The van der Waals surface area contributed by atoms with E-state index < -0.39 is 0 Å². The third kappa shape index (κ3) is 2.70. The Bertz CT molecular complexity index is 787. The molecule has 5 rings (SSSR count). The van der Waals surface area contributed by atoms with Crippen molar-refractivity contribution in [2.45, 2.75) is 82.5 Å². The van der Waals surface area contributed by atoms with Crippen molar-refractivity contribution in [2.75, 3.05) is 5.75 Å². The quantitative estimate of drug-likeness (QED) is 0.452. The molecule has 29 heavy (non-hydrogen) atoms. The number of esters is 1. The molecule has 0 amide bonds. The third-order valence-electron chi connectivity index (χ3n) is 9.72. The van der Waals surface area contributed by atoms with Gasteiger partial charge in [-0.2, -0.15) is 11.8 Å². The summed E-state index contributed by atoms with van der Waals surface area (Å²) < 4.78 is 6.11. The van der Waals surface area contributed by atoms with Crippen LogP contribution in [0.1, 0.15) is 71.6 Å². The molecule has 1 aliphatic heterocycles. The lowest BCUT2D eigenvalue weighted by Crippen LogP contribution is -2.57. The lowest BCUT2D eigenvalue weighted by molar-refractivity contribution is -0.167. The molecule has 0 bridgehead atoms. The number of hydrogen-bond donors (Lipinski definition) is 0. The molecule has 0 N–H and O–H groups in total. The molecule has 3 nitrogen and oxygen atoms in total. The lowest BCUT2D eigenvalue weighted by atomic mass is 9.46. The summed E-state index contributed by atoms with van der Waals surface area (Å²) >= 11 is 2.04. The van der Waals surface area contributed by atoms with Gasteiger partial charge in [-0.05, 0) is 74.2 Å². The molecular weight excluding hydrogens is 380 g/mol. The first-order valence-corrected chi connectivity index (χ1v) is 12.6. The summed E-state index contributed by atoms with van der Waals surface area (Å²) in [6.45, 7) is 8.84. The van der Waals surface area contributed by atoms with Crippen LogP contribution in [0, 0.1) is 28.6 Å². The molecule has 7 atom stereocenters. The standard InChI is InChI=1S/C25H34O3S/c1-4-13-29-20-15-16-14-17(26)5-9-23(16,2)18-6-10-24(3)19(22(18)20)7-11-25(24)12-8-21(27)28-25/h4,14,18-20,22H,1,5-13,15H2,2-3H3/t18-,19-,20+,22+,23-,24-,25+/m0/s1. The summed E-state index contributed by atoms with van der Waals surface area (Å²) in [5.74, 6) is 3.21. The van der Waals surface area contributed by atoms with Crippen molar-refractivity contribution >= 4 is 23.5 Å². The number of hydrogen-bond acceptors (Lipinski definition) is 4. The van der Waals surface area contributed by atoms with Crippen LogP contribution in [0.25, 0.3) is 0 Å². The molecule has 4 fully saturated rings. The van der Waals surface area contributed by atoms with Crippen LogP contribution in [0.4, 0.5) is 0 Å². The summed E-state index contributed by atoms with van der Waals surface area (Å²) in [7, 11) is 0. The van der Waals surface area contributed by atoms with E-state index in [1.807, 2.05) is 23.9 Å². The van der Waals surface area contributed by atoms with Crippen molar-refractivity contribution < 1.29 is 14.3 Å². The Morgan fingerprint density at radius 2 is 1.93 bits per heavy atom. The molecule has 5 aliphatic rings. The van der Waals surface area contributed by atoms with Gasteiger partial charge in [0.2, 0.25) is 0 Å². The first kappa shape index (κ1) is 19.9. The normalized spacial score (nSPS) is 48.6. The van der Waals surface area contributed by atoms with Gasteiger partial charge in [-0.15, -0.1) is 6.58 Å². The van der Waals surface area contributed by atoms with Gasteiger partial charge in [-0.25, -0.2) is 0 Å². The van der Waals surface area contributed by atoms with Crippen molar-refractivity contribution in [3.63, 3.8) is 0 Å². The summed E-state index contributed by atoms with van der Waals surface area (Å²) in [6.07, 6.45) is 12.9. The molecule has 3 saturated carbocycles. The smallest absolute Gasteiger partial charge is 0.306 e. The van der Waals surface area contributed by atoms with Gasteiger partial charge in [0.1, 0.15) is 5.60 Å². The zero-order valence-electron chi connectivity index (χ0n) is 17.9. The number of allylic oxidation sites excluding steroid dienone is 1. The second-order valence-electron chi connectivity index (χ2n) is 10.7. The topological polar surface area (TPSA) is 43.4 Å². The Morgan fingerprint density at radius 1 is 1.14 bits per heavy atom. The van der Waals surface area contributed by atoms with Gasteiger partial charge >= 0.3 is 5.97 Å². The van der Waals surface area contributed by atoms with Gasteiger partial charge in [0.25, 0.3) is 0 Å². The molecular formula is C25H34O3S. The molecule has 0 aromatic carbocycles. The maximum absolute atomic E-state index is 12.2. The molecule has 0 unspecified atom stereocenters. The van der Waals surface area contributed by atoms with Crippen LogP contribution < -0.4 is 0 Å². The Labute approximate surface area is 179 Å². The summed E-state index contributed by atoms with van der Waals surface area (Å²) in [5, 5.41) is 0.542. The number of carbonyl (C=O) groups excluding carboxylic acids is 2. The number of fused-ring (bicyclic) bond motifs is 6. The molecule has 4 heteroatoms. The van der Waals surface area contributed by atoms with E-state index in [1.54, 1.807) is 0 Å². The van der Waals surface area contributed by atoms with E-state index in [0.29, 0.717) is 41.6 Å². The van der Waals surface area contributed by atoms with E-state index in [9.17, 15) is 9.59 Å². The highest BCUT2D eigenvalue weighted by Gasteiger charge is 2.68. The SMILES string of the molecule is C=CCS[C@@H]1CC2=CC(=O)CC[C@]2(C)[C@H]2CC[C@@]3(C)[C@@H](CC[C@@]34CCC(=O)O4)[C@H]12. The van der Waals surface area contributed by atoms with E-state index in [2.05, 4.69) is 20.4 Å². The van der Waals surface area contributed by atoms with Crippen molar-refractivity contribution in [3.05, 3.63) is 24.3 Å². The molecule has 1 spiro atoms. The molecule has 0 radical (unpaired) electrons. The van der Waals surface area contributed by atoms with Gasteiger partial charge in [0, 0.05) is 29.3 Å². The monoisotopic (exact) mass is 414 g/mol. The van der Waals surface area contributed by atoms with Crippen LogP contribution in [0.15, 0.2) is 24.3 Å². The second kappa shape index (κ2) is 6.73. The maximum atomic E-state index is 12.2. The third-order valence-corrected chi connectivity index (χ3v) is 11.1. The van der Waals surface area contributed by atoms with E-state index in [0.717, 1.165) is 37.9 Å². The van der Waals surface area contributed by atoms with Crippen LogP contribution >= 0.6 is 11.8 Å². The first-order valence-electron chi connectivity index (χ1n) is 11.5. The van der Waals surface area contributed by atoms with Gasteiger partial charge in [-0.1, -0.05) is 25.5 Å². The second-order valence-corrected chi connectivity index (χ2v) is 11.9. The first-order chi connectivity index (χ1) is 13.8. The minimum Gasteiger partial charge on any atom is -0.458 e. The fraction of sp³-hybridized carbons (Fsp3) is 0.760. The van der Waals surface area contributed by atoms with Crippen LogP contribution in [0.2, 0.25) is 0 Å². The Hall–Kier alpha value is -1.03. The van der Waals surface area contributed by atoms with Crippen LogP contribution in [-0.4, -0.2) is 28.4 Å². The van der Waals surface area contributed by atoms with Gasteiger partial charge in [0.15, 0.2) is 5.78 Å². The van der Waals surface area contributed by atoms with Crippen LogP contribution in [0.5, 0.6) is 0 Å². The largest absolute Gasteiger partial charge is 0.458 e. The highest BCUT2D eigenvalue weighted by Crippen LogP contribution is 2.70. The fourth-order valence-corrected chi connectivity index (χ4v) is 9.44. The van der Waals surface area contributed by atoms with Crippen molar-refractivity contribution in [2.24, 2.45) is 28.6 Å². The summed E-state index contributed by atoms with van der Waals surface area (Å²) in [5.41, 5.74) is 1.48. The van der Waals surface area contributed by atoms with E-state index >= 15 is 0 Å². The van der Waals surface area contributed by atoms with E-state index in [4.69, 9.17) is 4.74 Å². The number of carbonyl (C=O) groups is 2. The number of rotatable bonds is 3. The average Bonchev–Trinajstić information content (AvgIpc) is 3.21. The van der Waals surface area contributed by atoms with Gasteiger partial charge < -0.3 is 4.74 Å². The van der Waals surface area contributed by atoms with Crippen molar-refractivity contribution in [3.8, 4) is 0 Å². The molecule has 158 valence electrons. The lowest BCUT2D eigenvalue weighted by Gasteiger charge is -2.61. The van der Waals surface area contributed by atoms with E-state index in [-0.39, 0.29) is 22.4 Å². The highest BCUT2D eigenvalue weighted by molar-refractivity contribution is 8.00. The van der Waals surface area contributed by atoms with Crippen LogP contribution in [-0.2, 0) is 14.3 Å². The zero-order valence-corrected chi connectivity index (χ0v) is 18.7. The molecule has 1 heterocycles.